The van der Waals surface area contributed by atoms with E-state index in [1.165, 1.54) is 5.56 Å². The molecule has 128 valence electrons. The third-order valence-electron chi connectivity index (χ3n) is 4.85. The molecule has 0 aliphatic carbocycles. The van der Waals surface area contributed by atoms with Gasteiger partial charge in [-0.2, -0.15) is 0 Å². The minimum absolute atomic E-state index is 0.149. The second-order valence-corrected chi connectivity index (χ2v) is 6.63. The van der Waals surface area contributed by atoms with Crippen molar-refractivity contribution in [1.82, 2.24) is 9.97 Å². The summed E-state index contributed by atoms with van der Waals surface area (Å²) in [6.45, 7) is 3.69. The van der Waals surface area contributed by atoms with Gasteiger partial charge in [0.2, 0.25) is 0 Å². The summed E-state index contributed by atoms with van der Waals surface area (Å²) in [4.78, 5) is 9.40. The van der Waals surface area contributed by atoms with Gasteiger partial charge < -0.3 is 10.1 Å². The van der Waals surface area contributed by atoms with Crippen LogP contribution in [0.25, 0.3) is 11.0 Å². The van der Waals surface area contributed by atoms with Crippen molar-refractivity contribution in [3.05, 3.63) is 65.9 Å². The van der Waals surface area contributed by atoms with Crippen molar-refractivity contribution >= 4 is 16.9 Å². The number of hydrogen-bond donors (Lipinski definition) is 1. The molecule has 1 fully saturated rings. The van der Waals surface area contributed by atoms with E-state index in [0.29, 0.717) is 5.92 Å². The molecule has 1 aliphatic rings. The first kappa shape index (κ1) is 16.0. The number of fused-ring (bicyclic) bond motifs is 1. The van der Waals surface area contributed by atoms with E-state index >= 15 is 0 Å². The Morgan fingerprint density at radius 3 is 2.52 bits per heavy atom. The number of hydrogen-bond acceptors (Lipinski definition) is 4. The van der Waals surface area contributed by atoms with Crippen LogP contribution in [0.3, 0.4) is 0 Å². The van der Waals surface area contributed by atoms with Crippen LogP contribution in [0, 0.1) is 12.8 Å². The number of ether oxygens (including phenoxy) is 1. The summed E-state index contributed by atoms with van der Waals surface area (Å²) in [6, 6.07) is 18.5. The first-order valence-electron chi connectivity index (χ1n) is 8.95. The van der Waals surface area contributed by atoms with Crippen molar-refractivity contribution in [2.24, 2.45) is 5.92 Å². The summed E-state index contributed by atoms with van der Waals surface area (Å²) in [5, 5.41) is 3.52. The number of nitrogens with one attached hydrogen (secondary N) is 1. The lowest BCUT2D eigenvalue weighted by atomic mass is 9.89. The van der Waals surface area contributed by atoms with Crippen LogP contribution in [0.5, 0.6) is 0 Å². The van der Waals surface area contributed by atoms with Crippen LogP contribution < -0.4 is 5.32 Å². The van der Waals surface area contributed by atoms with Crippen molar-refractivity contribution in [2.45, 2.75) is 25.9 Å². The van der Waals surface area contributed by atoms with Crippen LogP contribution in [-0.2, 0) is 4.74 Å². The second kappa shape index (κ2) is 7.19. The van der Waals surface area contributed by atoms with E-state index in [2.05, 4.69) is 34.6 Å². The Labute approximate surface area is 148 Å². The predicted octanol–water partition coefficient (Wildman–Crippen LogP) is 4.52. The lowest BCUT2D eigenvalue weighted by Gasteiger charge is -2.32. The van der Waals surface area contributed by atoms with E-state index in [-0.39, 0.29) is 6.10 Å². The van der Waals surface area contributed by atoms with Gasteiger partial charge in [-0.15, -0.1) is 0 Å². The average molecular weight is 333 g/mol. The third kappa shape index (κ3) is 3.49. The van der Waals surface area contributed by atoms with Gasteiger partial charge in [0.15, 0.2) is 0 Å². The van der Waals surface area contributed by atoms with Gasteiger partial charge in [0.25, 0.3) is 0 Å². The zero-order valence-electron chi connectivity index (χ0n) is 14.5. The van der Waals surface area contributed by atoms with Crippen molar-refractivity contribution in [3.8, 4) is 0 Å². The standard InChI is InChI=1S/C21H23N3O/c1-15-21(24-19-12-6-5-11-18(19)23-15)22-14-17-10-7-13-25-20(17)16-8-3-2-4-9-16/h2-6,8-9,11-12,17,20H,7,10,13-14H2,1H3,(H,22,24)/t17-,20+/m0/s1. The Morgan fingerprint density at radius 2 is 1.72 bits per heavy atom. The second-order valence-electron chi connectivity index (χ2n) is 6.63. The number of nitrogens with zero attached hydrogens (tertiary/aromatic N) is 2. The first-order valence-corrected chi connectivity index (χ1v) is 8.95. The highest BCUT2D eigenvalue weighted by Gasteiger charge is 2.27. The molecule has 0 bridgehead atoms. The van der Waals surface area contributed by atoms with Crippen LogP contribution in [0.2, 0.25) is 0 Å². The lowest BCUT2D eigenvalue weighted by Crippen LogP contribution is -2.28. The smallest absolute Gasteiger partial charge is 0.148 e. The first-order chi connectivity index (χ1) is 12.3. The molecular weight excluding hydrogens is 310 g/mol. The highest BCUT2D eigenvalue weighted by atomic mass is 16.5. The molecule has 3 aromatic rings. The van der Waals surface area contributed by atoms with Gasteiger partial charge in [-0.3, -0.25) is 0 Å². The SMILES string of the molecule is Cc1nc2ccccc2nc1NC[C@@H]1CCCO[C@@H]1c1ccccc1. The average Bonchev–Trinajstić information content (AvgIpc) is 2.67. The summed E-state index contributed by atoms with van der Waals surface area (Å²) in [7, 11) is 0. The van der Waals surface area contributed by atoms with Gasteiger partial charge in [0.1, 0.15) is 5.82 Å². The van der Waals surface area contributed by atoms with E-state index in [1.807, 2.05) is 37.3 Å². The zero-order valence-corrected chi connectivity index (χ0v) is 14.5. The number of benzene rings is 2. The summed E-state index contributed by atoms with van der Waals surface area (Å²) in [5.41, 5.74) is 4.06. The van der Waals surface area contributed by atoms with Gasteiger partial charge in [0.05, 0.1) is 22.8 Å². The fraction of sp³-hybridized carbons (Fsp3) is 0.333. The molecule has 25 heavy (non-hydrogen) atoms. The number of anilines is 1. The molecular formula is C21H23N3O. The number of para-hydroxylation sites is 2. The van der Waals surface area contributed by atoms with Crippen molar-refractivity contribution in [2.75, 3.05) is 18.5 Å². The maximum absolute atomic E-state index is 6.09. The van der Waals surface area contributed by atoms with Gasteiger partial charge in [0, 0.05) is 19.1 Å². The molecule has 2 heterocycles. The van der Waals surface area contributed by atoms with Crippen LogP contribution in [0.15, 0.2) is 54.6 Å². The lowest BCUT2D eigenvalue weighted by molar-refractivity contribution is -0.0238. The number of rotatable bonds is 4. The van der Waals surface area contributed by atoms with E-state index in [9.17, 15) is 0 Å². The maximum Gasteiger partial charge on any atom is 0.148 e. The van der Waals surface area contributed by atoms with Crippen LogP contribution in [0.1, 0.15) is 30.2 Å². The maximum atomic E-state index is 6.09. The molecule has 0 spiro atoms. The minimum Gasteiger partial charge on any atom is -0.373 e. The molecule has 1 N–H and O–H groups in total. The number of aromatic nitrogens is 2. The summed E-state index contributed by atoms with van der Waals surface area (Å²) < 4.78 is 6.09. The molecule has 0 amide bonds. The molecule has 4 nitrogen and oxygen atoms in total. The topological polar surface area (TPSA) is 47.0 Å². The largest absolute Gasteiger partial charge is 0.373 e. The third-order valence-corrected chi connectivity index (χ3v) is 4.85. The Bertz CT molecular complexity index is 850. The van der Waals surface area contributed by atoms with Crippen LogP contribution >= 0.6 is 0 Å². The van der Waals surface area contributed by atoms with Gasteiger partial charge in [-0.25, -0.2) is 9.97 Å². The predicted molar refractivity (Wildman–Crippen MR) is 101 cm³/mol. The van der Waals surface area contributed by atoms with E-state index < -0.39 is 0 Å². The van der Waals surface area contributed by atoms with Crippen molar-refractivity contribution in [3.63, 3.8) is 0 Å². The summed E-state index contributed by atoms with van der Waals surface area (Å²) in [5.74, 6) is 1.31. The zero-order chi connectivity index (χ0) is 17.1. The van der Waals surface area contributed by atoms with Crippen LogP contribution in [-0.4, -0.2) is 23.1 Å². The minimum atomic E-state index is 0.149. The highest BCUT2D eigenvalue weighted by Crippen LogP contribution is 2.33. The normalized spacial score (nSPS) is 20.5. The Balaban J connectivity index is 1.52. The van der Waals surface area contributed by atoms with Crippen molar-refractivity contribution in [1.29, 1.82) is 0 Å². The molecule has 0 radical (unpaired) electrons. The monoisotopic (exact) mass is 333 g/mol. The van der Waals surface area contributed by atoms with Gasteiger partial charge in [-0.1, -0.05) is 42.5 Å². The Hall–Kier alpha value is -2.46. The van der Waals surface area contributed by atoms with Crippen LogP contribution in [0.4, 0.5) is 5.82 Å². The molecule has 1 aromatic heterocycles. The van der Waals surface area contributed by atoms with E-state index in [1.54, 1.807) is 0 Å². The fourth-order valence-corrected chi connectivity index (χ4v) is 3.55. The Kier molecular flexibility index (Phi) is 4.61. The van der Waals surface area contributed by atoms with Crippen molar-refractivity contribution < 1.29 is 4.74 Å². The molecule has 2 atom stereocenters. The molecule has 2 aromatic carbocycles. The molecule has 1 aliphatic heterocycles. The summed E-state index contributed by atoms with van der Waals surface area (Å²) >= 11 is 0. The Morgan fingerprint density at radius 1 is 1.00 bits per heavy atom. The molecule has 4 rings (SSSR count). The van der Waals surface area contributed by atoms with Gasteiger partial charge in [-0.05, 0) is 37.5 Å². The molecule has 1 saturated heterocycles. The fourth-order valence-electron chi connectivity index (χ4n) is 3.55. The quantitative estimate of drug-likeness (QED) is 0.762. The molecule has 4 heteroatoms. The summed E-state index contributed by atoms with van der Waals surface area (Å²) in [6.07, 6.45) is 2.42. The highest BCUT2D eigenvalue weighted by molar-refractivity contribution is 5.76. The molecule has 0 saturated carbocycles. The van der Waals surface area contributed by atoms with Gasteiger partial charge >= 0.3 is 0 Å². The van der Waals surface area contributed by atoms with E-state index in [0.717, 1.165) is 48.5 Å². The number of aryl methyl sites for hydroxylation is 1. The van der Waals surface area contributed by atoms with E-state index in [4.69, 9.17) is 9.72 Å². The molecule has 0 unspecified atom stereocenters.